The molecule has 0 radical (unpaired) electrons. The van der Waals surface area contributed by atoms with Crippen LogP contribution in [0.15, 0.2) is 18.2 Å². The second-order valence-corrected chi connectivity index (χ2v) is 9.27. The predicted octanol–water partition coefficient (Wildman–Crippen LogP) is 0.965. The van der Waals surface area contributed by atoms with E-state index in [-0.39, 0.29) is 48.8 Å². The number of anilines is 1. The summed E-state index contributed by atoms with van der Waals surface area (Å²) in [4.78, 5) is 26.4. The molecule has 2 aliphatic heterocycles. The number of fused-ring (bicyclic) bond motifs is 2. The standard InChI is InChI=1S/C19H27N3O6S/c1-4-29(25,26)21-12-5-8-16-14(9-12)19(24)22(3)15-7-6-13(10-18(23)20-2)28-17(15)11-27-16/h5,8-9,13,15,17,21H,4,6-7,10-11H2,1-3H3,(H,20,23)/t13-,15+,17+/m1/s1. The molecule has 0 spiro atoms. The van der Waals surface area contributed by atoms with Crippen LogP contribution in [0, 0.1) is 0 Å². The maximum atomic E-state index is 13.1. The fourth-order valence-electron chi connectivity index (χ4n) is 3.65. The minimum atomic E-state index is -3.45. The van der Waals surface area contributed by atoms with Crippen molar-refractivity contribution < 1.29 is 27.5 Å². The number of hydrogen-bond donors (Lipinski definition) is 2. The number of sulfonamides is 1. The third kappa shape index (κ3) is 4.81. The number of nitrogens with zero attached hydrogens (tertiary/aromatic N) is 1. The molecule has 9 nitrogen and oxygen atoms in total. The number of ether oxygens (including phenoxy) is 2. The molecule has 1 saturated heterocycles. The van der Waals surface area contributed by atoms with E-state index in [2.05, 4.69) is 10.0 Å². The van der Waals surface area contributed by atoms with Gasteiger partial charge < -0.3 is 19.7 Å². The van der Waals surface area contributed by atoms with E-state index < -0.39 is 10.0 Å². The van der Waals surface area contributed by atoms with Crippen LogP contribution >= 0.6 is 0 Å². The molecule has 1 fully saturated rings. The van der Waals surface area contributed by atoms with Crippen LogP contribution in [0.3, 0.4) is 0 Å². The first-order valence-electron chi connectivity index (χ1n) is 9.64. The Morgan fingerprint density at radius 3 is 2.76 bits per heavy atom. The summed E-state index contributed by atoms with van der Waals surface area (Å²) in [5, 5.41) is 2.60. The molecule has 0 aromatic heterocycles. The van der Waals surface area contributed by atoms with E-state index in [1.54, 1.807) is 38.1 Å². The fourth-order valence-corrected chi connectivity index (χ4v) is 4.28. The van der Waals surface area contributed by atoms with E-state index in [1.807, 2.05) is 0 Å². The van der Waals surface area contributed by atoms with Crippen molar-refractivity contribution in [2.45, 2.75) is 44.4 Å². The molecule has 0 unspecified atom stereocenters. The molecule has 29 heavy (non-hydrogen) atoms. The van der Waals surface area contributed by atoms with Crippen LogP contribution in [0.25, 0.3) is 0 Å². The van der Waals surface area contributed by atoms with Crippen molar-refractivity contribution in [3.8, 4) is 5.75 Å². The normalized spacial score (nSPS) is 24.4. The first kappa shape index (κ1) is 21.4. The summed E-state index contributed by atoms with van der Waals surface area (Å²) in [6, 6.07) is 4.46. The topological polar surface area (TPSA) is 114 Å². The lowest BCUT2D eigenvalue weighted by Gasteiger charge is -2.42. The summed E-state index contributed by atoms with van der Waals surface area (Å²) in [5.74, 6) is -0.0401. The van der Waals surface area contributed by atoms with Gasteiger partial charge in [-0.2, -0.15) is 0 Å². The number of carbonyl (C=O) groups excluding carboxylic acids is 2. The zero-order chi connectivity index (χ0) is 21.2. The van der Waals surface area contributed by atoms with Gasteiger partial charge >= 0.3 is 0 Å². The maximum Gasteiger partial charge on any atom is 0.257 e. The van der Waals surface area contributed by atoms with Gasteiger partial charge in [-0.1, -0.05) is 0 Å². The van der Waals surface area contributed by atoms with Crippen molar-refractivity contribution in [2.75, 3.05) is 31.2 Å². The summed E-state index contributed by atoms with van der Waals surface area (Å²) in [7, 11) is -0.155. The van der Waals surface area contributed by atoms with E-state index in [9.17, 15) is 18.0 Å². The van der Waals surface area contributed by atoms with Crippen LogP contribution in [0.4, 0.5) is 5.69 Å². The van der Waals surface area contributed by atoms with Crippen LogP contribution in [0.1, 0.15) is 36.5 Å². The smallest absolute Gasteiger partial charge is 0.257 e. The largest absolute Gasteiger partial charge is 0.490 e. The fraction of sp³-hybridized carbons (Fsp3) is 0.579. The van der Waals surface area contributed by atoms with Gasteiger partial charge in [-0.3, -0.25) is 14.3 Å². The van der Waals surface area contributed by atoms with E-state index in [1.165, 1.54) is 6.07 Å². The molecule has 2 amide bonds. The van der Waals surface area contributed by atoms with Gasteiger partial charge in [-0.25, -0.2) is 8.42 Å². The molecular weight excluding hydrogens is 398 g/mol. The maximum absolute atomic E-state index is 13.1. The molecule has 0 saturated carbocycles. The Kier molecular flexibility index (Phi) is 6.33. The number of hydrogen-bond acceptors (Lipinski definition) is 6. The summed E-state index contributed by atoms with van der Waals surface area (Å²) < 4.78 is 38.1. The van der Waals surface area contributed by atoms with Gasteiger partial charge in [0.25, 0.3) is 5.91 Å². The summed E-state index contributed by atoms with van der Waals surface area (Å²) >= 11 is 0. The molecular formula is C19H27N3O6S. The minimum Gasteiger partial charge on any atom is -0.490 e. The van der Waals surface area contributed by atoms with Gasteiger partial charge in [-0.15, -0.1) is 0 Å². The van der Waals surface area contributed by atoms with Crippen LogP contribution in [-0.4, -0.2) is 69.8 Å². The Labute approximate surface area is 170 Å². The van der Waals surface area contributed by atoms with Gasteiger partial charge in [0.1, 0.15) is 18.5 Å². The van der Waals surface area contributed by atoms with Crippen LogP contribution in [0.2, 0.25) is 0 Å². The second kappa shape index (κ2) is 8.58. The molecule has 0 bridgehead atoms. The van der Waals surface area contributed by atoms with Gasteiger partial charge in [0.2, 0.25) is 15.9 Å². The summed E-state index contributed by atoms with van der Waals surface area (Å²) in [6.45, 7) is 1.78. The number of amides is 2. The molecule has 2 heterocycles. The lowest BCUT2D eigenvalue weighted by molar-refractivity contribution is -0.133. The molecule has 1 aromatic carbocycles. The minimum absolute atomic E-state index is 0.0628. The molecule has 3 atom stereocenters. The zero-order valence-corrected chi connectivity index (χ0v) is 17.6. The average molecular weight is 426 g/mol. The molecule has 1 aromatic rings. The molecule has 3 rings (SSSR count). The Balaban J connectivity index is 1.82. The number of rotatable bonds is 5. The van der Waals surface area contributed by atoms with Crippen molar-refractivity contribution in [1.29, 1.82) is 0 Å². The molecule has 0 aliphatic carbocycles. The summed E-state index contributed by atoms with van der Waals surface area (Å²) in [6.07, 6.45) is 1.06. The van der Waals surface area contributed by atoms with Crippen molar-refractivity contribution in [3.63, 3.8) is 0 Å². The Hall–Kier alpha value is -2.33. The molecule has 160 valence electrons. The average Bonchev–Trinajstić information content (AvgIpc) is 2.70. The van der Waals surface area contributed by atoms with E-state index in [0.717, 1.165) is 0 Å². The quantitative estimate of drug-likeness (QED) is 0.727. The SMILES string of the molecule is CCS(=O)(=O)Nc1ccc2c(c1)C(=O)N(C)[C@H]1CC[C@H](CC(=O)NC)O[C@H]1CO2. The third-order valence-corrected chi connectivity index (χ3v) is 6.66. The highest BCUT2D eigenvalue weighted by Crippen LogP contribution is 2.32. The highest BCUT2D eigenvalue weighted by Gasteiger charge is 2.39. The number of likely N-dealkylation sites (N-methyl/N-ethyl adjacent to an activating group) is 1. The first-order chi connectivity index (χ1) is 13.7. The third-order valence-electron chi connectivity index (χ3n) is 5.36. The van der Waals surface area contributed by atoms with Gasteiger partial charge in [-0.05, 0) is 38.0 Å². The molecule has 2 N–H and O–H groups in total. The van der Waals surface area contributed by atoms with E-state index in [4.69, 9.17) is 9.47 Å². The Bertz CT molecular complexity index is 888. The second-order valence-electron chi connectivity index (χ2n) is 7.26. The number of benzene rings is 1. The van der Waals surface area contributed by atoms with E-state index in [0.29, 0.717) is 29.8 Å². The Morgan fingerprint density at radius 2 is 2.07 bits per heavy atom. The Morgan fingerprint density at radius 1 is 1.31 bits per heavy atom. The summed E-state index contributed by atoms with van der Waals surface area (Å²) in [5.41, 5.74) is 0.619. The predicted molar refractivity (Wildman–Crippen MR) is 107 cm³/mol. The number of nitrogens with one attached hydrogen (secondary N) is 2. The highest BCUT2D eigenvalue weighted by molar-refractivity contribution is 7.92. The van der Waals surface area contributed by atoms with Crippen molar-refractivity contribution in [2.24, 2.45) is 0 Å². The lowest BCUT2D eigenvalue weighted by atomic mass is 9.94. The molecule has 10 heteroatoms. The lowest BCUT2D eigenvalue weighted by Crippen LogP contribution is -2.53. The van der Waals surface area contributed by atoms with Gasteiger partial charge in [0, 0.05) is 19.8 Å². The van der Waals surface area contributed by atoms with Crippen LogP contribution in [-0.2, 0) is 19.6 Å². The van der Waals surface area contributed by atoms with E-state index >= 15 is 0 Å². The van der Waals surface area contributed by atoms with Crippen molar-refractivity contribution >= 4 is 27.5 Å². The van der Waals surface area contributed by atoms with Crippen molar-refractivity contribution in [3.05, 3.63) is 23.8 Å². The zero-order valence-electron chi connectivity index (χ0n) is 16.8. The van der Waals surface area contributed by atoms with Gasteiger partial charge in [0.15, 0.2) is 0 Å². The highest BCUT2D eigenvalue weighted by atomic mass is 32.2. The first-order valence-corrected chi connectivity index (χ1v) is 11.3. The monoisotopic (exact) mass is 425 g/mol. The van der Waals surface area contributed by atoms with Gasteiger partial charge in [0.05, 0.1) is 29.9 Å². The molecule has 2 aliphatic rings. The van der Waals surface area contributed by atoms with Crippen LogP contribution in [0.5, 0.6) is 5.75 Å². The number of carbonyl (C=O) groups is 2. The van der Waals surface area contributed by atoms with Crippen molar-refractivity contribution in [1.82, 2.24) is 10.2 Å². The van der Waals surface area contributed by atoms with Crippen LogP contribution < -0.4 is 14.8 Å².